The number of nitrogens with zero attached hydrogens (tertiary/aromatic N) is 3. The number of amides is 1. The average Bonchev–Trinajstić information content (AvgIpc) is 2.98. The second-order valence-corrected chi connectivity index (χ2v) is 5.89. The van der Waals surface area contributed by atoms with Crippen molar-refractivity contribution in [1.82, 2.24) is 20.1 Å². The first-order valence-electron chi connectivity index (χ1n) is 8.04. The van der Waals surface area contributed by atoms with Crippen molar-refractivity contribution in [2.24, 2.45) is 0 Å². The number of aliphatic hydroxyl groups excluding tert-OH is 1. The molecule has 0 spiro atoms. The largest absolute Gasteiger partial charge is 0.387 e. The van der Waals surface area contributed by atoms with Gasteiger partial charge in [0.2, 0.25) is 0 Å². The van der Waals surface area contributed by atoms with Gasteiger partial charge in [-0.15, -0.1) is 0 Å². The van der Waals surface area contributed by atoms with Gasteiger partial charge in [0.25, 0.3) is 5.91 Å². The molecule has 6 nitrogen and oxygen atoms in total. The predicted molar refractivity (Wildman–Crippen MR) is 94.6 cm³/mol. The maximum absolute atomic E-state index is 12.2. The molecule has 0 aliphatic rings. The normalized spacial score (nSPS) is 12.0. The fourth-order valence-corrected chi connectivity index (χ4v) is 2.64. The molecule has 2 N–H and O–H groups in total. The Labute approximate surface area is 146 Å². The van der Waals surface area contributed by atoms with Crippen LogP contribution in [0.25, 0.3) is 5.69 Å². The van der Waals surface area contributed by atoms with Crippen LogP contribution in [0.1, 0.15) is 33.4 Å². The van der Waals surface area contributed by atoms with E-state index in [0.717, 1.165) is 22.6 Å². The first-order valence-corrected chi connectivity index (χ1v) is 8.04. The summed E-state index contributed by atoms with van der Waals surface area (Å²) in [5.74, 6) is -0.229. The van der Waals surface area contributed by atoms with Gasteiger partial charge in [0.05, 0.1) is 17.5 Å². The van der Waals surface area contributed by atoms with E-state index in [0.29, 0.717) is 5.56 Å². The fraction of sp³-hybridized carbons (Fsp3) is 0.211. The van der Waals surface area contributed by atoms with Gasteiger partial charge in [-0.1, -0.05) is 0 Å². The average molecular weight is 336 g/mol. The Kier molecular flexibility index (Phi) is 4.90. The highest BCUT2D eigenvalue weighted by atomic mass is 16.3. The Bertz CT molecular complexity index is 857. The molecule has 3 aromatic rings. The summed E-state index contributed by atoms with van der Waals surface area (Å²) in [6.07, 6.45) is 2.46. The third-order valence-corrected chi connectivity index (χ3v) is 3.93. The summed E-state index contributed by atoms with van der Waals surface area (Å²) in [5.41, 5.74) is 4.14. The molecule has 0 bridgehead atoms. The molecule has 0 aliphatic heterocycles. The van der Waals surface area contributed by atoms with Crippen molar-refractivity contribution in [2.75, 3.05) is 6.54 Å². The van der Waals surface area contributed by atoms with Crippen molar-refractivity contribution >= 4 is 5.91 Å². The van der Waals surface area contributed by atoms with Crippen LogP contribution in [-0.2, 0) is 0 Å². The second-order valence-electron chi connectivity index (χ2n) is 5.89. The minimum atomic E-state index is -0.763. The van der Waals surface area contributed by atoms with E-state index in [9.17, 15) is 9.90 Å². The van der Waals surface area contributed by atoms with Crippen molar-refractivity contribution in [3.05, 3.63) is 77.4 Å². The SMILES string of the molecule is Cc1cc(C)n(-c2ccc(C(=O)NC[C@@H](O)c3ccncc3)cc2)n1. The molecular formula is C19H20N4O2. The summed E-state index contributed by atoms with van der Waals surface area (Å²) in [6, 6.07) is 12.7. The smallest absolute Gasteiger partial charge is 0.251 e. The topological polar surface area (TPSA) is 80.0 Å². The number of nitrogens with one attached hydrogen (secondary N) is 1. The van der Waals surface area contributed by atoms with Crippen LogP contribution in [-0.4, -0.2) is 32.3 Å². The van der Waals surface area contributed by atoms with E-state index in [-0.39, 0.29) is 12.5 Å². The molecule has 6 heteroatoms. The van der Waals surface area contributed by atoms with Gasteiger partial charge >= 0.3 is 0 Å². The molecule has 0 saturated heterocycles. The molecule has 2 heterocycles. The Morgan fingerprint density at radius 3 is 2.44 bits per heavy atom. The van der Waals surface area contributed by atoms with E-state index in [1.807, 2.05) is 36.7 Å². The van der Waals surface area contributed by atoms with E-state index < -0.39 is 6.10 Å². The molecule has 3 rings (SSSR count). The van der Waals surface area contributed by atoms with Crippen molar-refractivity contribution in [1.29, 1.82) is 0 Å². The maximum atomic E-state index is 12.2. The predicted octanol–water partition coefficient (Wildman–Crippen LogP) is 2.35. The van der Waals surface area contributed by atoms with Gasteiger partial charge in [-0.2, -0.15) is 5.10 Å². The van der Waals surface area contributed by atoms with Crippen LogP contribution < -0.4 is 5.32 Å². The summed E-state index contributed by atoms with van der Waals surface area (Å²) in [6.45, 7) is 4.07. The lowest BCUT2D eigenvalue weighted by molar-refractivity contribution is 0.0916. The number of aliphatic hydroxyl groups is 1. The summed E-state index contributed by atoms with van der Waals surface area (Å²) in [5, 5.41) is 17.3. The highest BCUT2D eigenvalue weighted by molar-refractivity contribution is 5.94. The summed E-state index contributed by atoms with van der Waals surface area (Å²) >= 11 is 0. The first-order chi connectivity index (χ1) is 12.0. The van der Waals surface area contributed by atoms with Gasteiger partial charge in [0.1, 0.15) is 0 Å². The molecule has 2 aromatic heterocycles. The number of carbonyl (C=O) groups excluding carboxylic acids is 1. The zero-order chi connectivity index (χ0) is 17.8. The zero-order valence-corrected chi connectivity index (χ0v) is 14.2. The molecule has 0 fully saturated rings. The first kappa shape index (κ1) is 16.9. The number of aryl methyl sites for hydroxylation is 2. The van der Waals surface area contributed by atoms with Gasteiger partial charge in [-0.05, 0) is 61.9 Å². The highest BCUT2D eigenvalue weighted by Crippen LogP contribution is 2.14. The van der Waals surface area contributed by atoms with Gasteiger partial charge < -0.3 is 10.4 Å². The third-order valence-electron chi connectivity index (χ3n) is 3.93. The number of hydrogen-bond donors (Lipinski definition) is 2. The van der Waals surface area contributed by atoms with Crippen LogP contribution in [0.2, 0.25) is 0 Å². The van der Waals surface area contributed by atoms with Gasteiger partial charge in [0.15, 0.2) is 0 Å². The lowest BCUT2D eigenvalue weighted by Crippen LogP contribution is -2.28. The third kappa shape index (κ3) is 3.92. The molecule has 0 aliphatic carbocycles. The number of aromatic nitrogens is 3. The molecule has 128 valence electrons. The van der Waals surface area contributed by atoms with E-state index in [2.05, 4.69) is 15.4 Å². The molecular weight excluding hydrogens is 316 g/mol. The molecule has 25 heavy (non-hydrogen) atoms. The van der Waals surface area contributed by atoms with Crippen LogP contribution in [0.4, 0.5) is 0 Å². The summed E-state index contributed by atoms with van der Waals surface area (Å²) in [4.78, 5) is 16.1. The van der Waals surface area contributed by atoms with Crippen LogP contribution in [0, 0.1) is 13.8 Å². The Morgan fingerprint density at radius 2 is 1.84 bits per heavy atom. The number of pyridine rings is 1. The van der Waals surface area contributed by atoms with Crippen molar-refractivity contribution < 1.29 is 9.90 Å². The lowest BCUT2D eigenvalue weighted by atomic mass is 10.1. The number of carbonyl (C=O) groups is 1. The molecule has 0 radical (unpaired) electrons. The number of benzene rings is 1. The summed E-state index contributed by atoms with van der Waals surface area (Å²) in [7, 11) is 0. The van der Waals surface area contributed by atoms with E-state index in [4.69, 9.17) is 0 Å². The van der Waals surface area contributed by atoms with Crippen molar-refractivity contribution in [2.45, 2.75) is 20.0 Å². The Balaban J connectivity index is 1.64. The fourth-order valence-electron chi connectivity index (χ4n) is 2.64. The van der Waals surface area contributed by atoms with Crippen molar-refractivity contribution in [3.8, 4) is 5.69 Å². The second kappa shape index (κ2) is 7.27. The van der Waals surface area contributed by atoms with E-state index in [1.165, 1.54) is 0 Å². The number of hydrogen-bond acceptors (Lipinski definition) is 4. The van der Waals surface area contributed by atoms with E-state index >= 15 is 0 Å². The van der Waals surface area contributed by atoms with E-state index in [1.54, 1.807) is 36.7 Å². The molecule has 0 unspecified atom stereocenters. The summed E-state index contributed by atoms with van der Waals surface area (Å²) < 4.78 is 1.84. The highest BCUT2D eigenvalue weighted by Gasteiger charge is 2.11. The van der Waals surface area contributed by atoms with Crippen LogP contribution in [0.5, 0.6) is 0 Å². The van der Waals surface area contributed by atoms with Crippen molar-refractivity contribution in [3.63, 3.8) is 0 Å². The van der Waals surface area contributed by atoms with Gasteiger partial charge in [0, 0.05) is 30.2 Å². The molecule has 1 atom stereocenters. The lowest BCUT2D eigenvalue weighted by Gasteiger charge is -2.12. The Morgan fingerprint density at radius 1 is 1.16 bits per heavy atom. The van der Waals surface area contributed by atoms with Gasteiger partial charge in [-0.25, -0.2) is 4.68 Å². The molecule has 1 amide bonds. The number of rotatable bonds is 5. The molecule has 0 saturated carbocycles. The molecule has 1 aromatic carbocycles. The quantitative estimate of drug-likeness (QED) is 0.749. The minimum absolute atomic E-state index is 0.141. The van der Waals surface area contributed by atoms with Gasteiger partial charge in [-0.3, -0.25) is 9.78 Å². The minimum Gasteiger partial charge on any atom is -0.387 e. The maximum Gasteiger partial charge on any atom is 0.251 e. The Hall–Kier alpha value is -2.99. The monoisotopic (exact) mass is 336 g/mol. The zero-order valence-electron chi connectivity index (χ0n) is 14.2. The van der Waals surface area contributed by atoms with Crippen LogP contribution in [0.15, 0.2) is 54.9 Å². The van der Waals surface area contributed by atoms with Crippen LogP contribution >= 0.6 is 0 Å². The standard InChI is InChI=1S/C19H20N4O2/c1-13-11-14(2)23(22-13)17-5-3-16(4-6-17)19(25)21-12-18(24)15-7-9-20-10-8-15/h3-11,18,24H,12H2,1-2H3,(H,21,25)/t18-/m1/s1. The van der Waals surface area contributed by atoms with Crippen LogP contribution in [0.3, 0.4) is 0 Å².